The van der Waals surface area contributed by atoms with Crippen molar-refractivity contribution in [1.82, 2.24) is 4.90 Å². The number of imide groups is 1. The average Bonchev–Trinajstić information content (AvgIpc) is 3.08. The Kier molecular flexibility index (Phi) is 5.77. The summed E-state index contributed by atoms with van der Waals surface area (Å²) in [5.74, 6) is -3.30. The van der Waals surface area contributed by atoms with Crippen LogP contribution in [-0.2, 0) is 9.53 Å². The number of nitro groups is 1. The van der Waals surface area contributed by atoms with Gasteiger partial charge in [-0.05, 0) is 6.07 Å². The van der Waals surface area contributed by atoms with Crippen molar-refractivity contribution < 1.29 is 28.8 Å². The van der Waals surface area contributed by atoms with E-state index in [0.29, 0.717) is 16.0 Å². The molecule has 0 aromatic heterocycles. The van der Waals surface area contributed by atoms with Gasteiger partial charge in [-0.15, -0.1) is 0 Å². The third-order valence-corrected chi connectivity index (χ3v) is 5.11. The van der Waals surface area contributed by atoms with Crippen molar-refractivity contribution >= 4 is 29.3 Å². The maximum absolute atomic E-state index is 13.0. The molecular weight excluding hydrogens is 428 g/mol. The van der Waals surface area contributed by atoms with Crippen LogP contribution in [0.25, 0.3) is 0 Å². The van der Waals surface area contributed by atoms with Gasteiger partial charge in [0.25, 0.3) is 17.5 Å². The van der Waals surface area contributed by atoms with Gasteiger partial charge in [0.1, 0.15) is 12.1 Å². The lowest BCUT2D eigenvalue weighted by molar-refractivity contribution is -0.385. The minimum absolute atomic E-state index is 0.165. The van der Waals surface area contributed by atoms with Crippen LogP contribution in [0, 0.1) is 10.1 Å². The molecule has 1 unspecified atom stereocenters. The third kappa shape index (κ3) is 4.11. The third-order valence-electron chi connectivity index (χ3n) is 5.11. The number of esters is 1. The van der Waals surface area contributed by atoms with Crippen LogP contribution in [0.4, 0.5) is 5.69 Å². The van der Waals surface area contributed by atoms with E-state index in [2.05, 4.69) is 0 Å². The molecule has 1 atom stereocenters. The molecule has 164 valence electrons. The number of hydrogen-bond acceptors (Lipinski definition) is 7. The Hall–Kier alpha value is -4.66. The Balaban J connectivity index is 1.58. The van der Waals surface area contributed by atoms with Gasteiger partial charge in [0.15, 0.2) is 6.10 Å². The van der Waals surface area contributed by atoms with E-state index in [-0.39, 0.29) is 11.1 Å². The quantitative estimate of drug-likeness (QED) is 0.180. The zero-order valence-electron chi connectivity index (χ0n) is 17.0. The van der Waals surface area contributed by atoms with Crippen LogP contribution in [0.1, 0.15) is 42.7 Å². The summed E-state index contributed by atoms with van der Waals surface area (Å²) < 4.78 is 5.42. The lowest BCUT2D eigenvalue weighted by Gasteiger charge is -2.19. The van der Waals surface area contributed by atoms with Crippen molar-refractivity contribution in [2.75, 3.05) is 6.54 Å². The summed E-state index contributed by atoms with van der Waals surface area (Å²) >= 11 is 0. The Morgan fingerprint density at radius 1 is 0.879 bits per heavy atom. The van der Waals surface area contributed by atoms with Crippen LogP contribution >= 0.6 is 0 Å². The van der Waals surface area contributed by atoms with E-state index in [1.54, 1.807) is 60.7 Å². The molecule has 3 aromatic rings. The van der Waals surface area contributed by atoms with E-state index >= 15 is 0 Å². The standard InChI is InChI=1S/C24H16N2O7/c27-19(14-25-23(29)17-12-7-13-18(26(31)32)20(17)24(25)30)33-22(16-10-5-2-6-11-16)21(28)15-8-3-1-4-9-15/h1-13,22H,14H2. The predicted octanol–water partition coefficient (Wildman–Crippen LogP) is 3.36. The number of hydrogen-bond donors (Lipinski definition) is 0. The molecule has 4 rings (SSSR count). The molecule has 0 saturated heterocycles. The van der Waals surface area contributed by atoms with Gasteiger partial charge < -0.3 is 4.74 Å². The average molecular weight is 444 g/mol. The van der Waals surface area contributed by atoms with E-state index in [1.165, 1.54) is 12.1 Å². The second-order valence-electron chi connectivity index (χ2n) is 7.16. The normalized spacial score (nSPS) is 13.4. The number of nitrogens with zero attached hydrogens (tertiary/aromatic N) is 2. The number of rotatable bonds is 7. The van der Waals surface area contributed by atoms with Gasteiger partial charge in [-0.3, -0.25) is 34.2 Å². The number of Topliss-reactive ketones (excluding diaryl/α,β-unsaturated/α-hetero) is 1. The second kappa shape index (κ2) is 8.83. The largest absolute Gasteiger partial charge is 0.448 e. The summed E-state index contributed by atoms with van der Waals surface area (Å²) in [6.45, 7) is -0.797. The molecule has 33 heavy (non-hydrogen) atoms. The molecule has 2 amide bonds. The number of ketones is 1. The number of carbonyl (C=O) groups is 4. The number of ether oxygens (including phenoxy) is 1. The molecule has 9 nitrogen and oxygen atoms in total. The van der Waals surface area contributed by atoms with Crippen molar-refractivity contribution in [1.29, 1.82) is 0 Å². The first-order valence-corrected chi connectivity index (χ1v) is 9.85. The van der Waals surface area contributed by atoms with Gasteiger partial charge >= 0.3 is 5.97 Å². The zero-order valence-corrected chi connectivity index (χ0v) is 17.0. The molecule has 0 N–H and O–H groups in total. The fraction of sp³-hybridized carbons (Fsp3) is 0.0833. The summed E-state index contributed by atoms with van der Waals surface area (Å²) in [6, 6.07) is 20.2. The van der Waals surface area contributed by atoms with E-state index in [4.69, 9.17) is 4.74 Å². The van der Waals surface area contributed by atoms with Gasteiger partial charge in [-0.25, -0.2) is 0 Å². The highest BCUT2D eigenvalue weighted by molar-refractivity contribution is 6.24. The van der Waals surface area contributed by atoms with Gasteiger partial charge in [0, 0.05) is 17.2 Å². The Morgan fingerprint density at radius 2 is 1.52 bits per heavy atom. The molecule has 1 aliphatic heterocycles. The summed E-state index contributed by atoms with van der Waals surface area (Å²) in [4.78, 5) is 62.2. The zero-order chi connectivity index (χ0) is 23.5. The summed E-state index contributed by atoms with van der Waals surface area (Å²) in [7, 11) is 0. The highest BCUT2D eigenvalue weighted by Gasteiger charge is 2.42. The molecule has 0 saturated carbocycles. The van der Waals surface area contributed by atoms with E-state index in [9.17, 15) is 29.3 Å². The lowest BCUT2D eigenvalue weighted by atomic mass is 10.00. The van der Waals surface area contributed by atoms with Gasteiger partial charge in [-0.1, -0.05) is 66.7 Å². The Morgan fingerprint density at radius 3 is 2.15 bits per heavy atom. The summed E-state index contributed by atoms with van der Waals surface area (Å²) in [5, 5.41) is 11.2. The van der Waals surface area contributed by atoms with E-state index < -0.39 is 46.8 Å². The minimum Gasteiger partial charge on any atom is -0.448 e. The van der Waals surface area contributed by atoms with Crippen molar-refractivity contribution in [2.45, 2.75) is 6.10 Å². The molecule has 0 spiro atoms. The molecule has 1 aliphatic rings. The number of carbonyl (C=O) groups excluding carboxylic acids is 4. The Bertz CT molecular complexity index is 1270. The van der Waals surface area contributed by atoms with Crippen LogP contribution in [0.5, 0.6) is 0 Å². The lowest BCUT2D eigenvalue weighted by Crippen LogP contribution is -2.36. The molecule has 0 bridgehead atoms. The van der Waals surface area contributed by atoms with Crippen molar-refractivity contribution in [3.63, 3.8) is 0 Å². The van der Waals surface area contributed by atoms with Crippen LogP contribution in [0.15, 0.2) is 78.9 Å². The van der Waals surface area contributed by atoms with Crippen LogP contribution in [0.2, 0.25) is 0 Å². The van der Waals surface area contributed by atoms with Crippen molar-refractivity contribution in [3.8, 4) is 0 Å². The van der Waals surface area contributed by atoms with Gasteiger partial charge in [-0.2, -0.15) is 0 Å². The first-order valence-electron chi connectivity index (χ1n) is 9.85. The monoisotopic (exact) mass is 444 g/mol. The second-order valence-corrected chi connectivity index (χ2v) is 7.16. The molecule has 3 aromatic carbocycles. The van der Waals surface area contributed by atoms with E-state index in [1.807, 2.05) is 0 Å². The number of benzene rings is 3. The van der Waals surface area contributed by atoms with Crippen LogP contribution in [0.3, 0.4) is 0 Å². The fourth-order valence-corrected chi connectivity index (χ4v) is 3.56. The topological polar surface area (TPSA) is 124 Å². The Labute approximate surface area is 187 Å². The van der Waals surface area contributed by atoms with Crippen LogP contribution < -0.4 is 0 Å². The molecule has 9 heteroatoms. The SMILES string of the molecule is O=C(CN1C(=O)c2cccc([N+](=O)[O-])c2C1=O)OC(C(=O)c1ccccc1)c1ccccc1. The summed E-state index contributed by atoms with van der Waals surface area (Å²) in [6.07, 6.45) is -1.30. The number of fused-ring (bicyclic) bond motifs is 1. The molecule has 1 heterocycles. The van der Waals surface area contributed by atoms with Gasteiger partial charge in [0.05, 0.1) is 10.5 Å². The number of nitro benzene ring substituents is 1. The highest BCUT2D eigenvalue weighted by atomic mass is 16.6. The van der Waals surface area contributed by atoms with E-state index in [0.717, 1.165) is 6.07 Å². The highest BCUT2D eigenvalue weighted by Crippen LogP contribution is 2.31. The summed E-state index contributed by atoms with van der Waals surface area (Å²) in [5.41, 5.74) is -0.335. The molecule has 0 radical (unpaired) electrons. The maximum atomic E-state index is 13.0. The first-order chi connectivity index (χ1) is 15.9. The van der Waals surface area contributed by atoms with Crippen LogP contribution in [-0.4, -0.2) is 39.9 Å². The predicted molar refractivity (Wildman–Crippen MR) is 115 cm³/mol. The fourth-order valence-electron chi connectivity index (χ4n) is 3.56. The molecule has 0 aliphatic carbocycles. The minimum atomic E-state index is -1.30. The van der Waals surface area contributed by atoms with Gasteiger partial charge in [0.2, 0.25) is 5.78 Å². The van der Waals surface area contributed by atoms with Crippen molar-refractivity contribution in [2.24, 2.45) is 0 Å². The molecular formula is C24H16N2O7. The molecule has 0 fully saturated rings. The smallest absolute Gasteiger partial charge is 0.327 e. The maximum Gasteiger partial charge on any atom is 0.327 e. The van der Waals surface area contributed by atoms with Crippen molar-refractivity contribution in [3.05, 3.63) is 111 Å². The number of amides is 2. The first kappa shape index (κ1) is 21.6.